The first kappa shape index (κ1) is 59.2. The van der Waals surface area contributed by atoms with Gasteiger partial charge in [-0.15, -0.1) is 0 Å². The van der Waals surface area contributed by atoms with Gasteiger partial charge in [-0.1, -0.05) is 200 Å². The molecule has 0 amide bonds. The Labute approximate surface area is 459 Å². The molecule has 2 aliphatic heterocycles. The van der Waals surface area contributed by atoms with E-state index in [1.807, 2.05) is 0 Å². The Hall–Kier alpha value is -6.01. The first-order valence-electron chi connectivity index (χ1n) is 28.8. The zero-order valence-electron chi connectivity index (χ0n) is 50.8. The summed E-state index contributed by atoms with van der Waals surface area (Å²) in [6.07, 6.45) is 2.09. The third kappa shape index (κ3) is 15.3. The number of aliphatic imine (C=N–C) groups is 2. The topological polar surface area (TPSA) is 85.0 Å². The van der Waals surface area contributed by atoms with Crippen LogP contribution in [0.4, 0.5) is 11.4 Å². The van der Waals surface area contributed by atoms with Crippen molar-refractivity contribution < 1.29 is 0 Å². The van der Waals surface area contributed by atoms with Gasteiger partial charge in [0, 0.05) is 52.6 Å². The van der Waals surface area contributed by atoms with Crippen LogP contribution in [-0.4, -0.2) is 31.4 Å². The summed E-state index contributed by atoms with van der Waals surface area (Å²) in [5, 5.41) is 2.64. The zero-order chi connectivity index (χ0) is 55.9. The van der Waals surface area contributed by atoms with Crippen molar-refractivity contribution in [2.24, 2.45) is 21.8 Å². The van der Waals surface area contributed by atoms with Crippen LogP contribution in [0, 0.1) is 11.8 Å². The van der Waals surface area contributed by atoms with Crippen LogP contribution in [0.25, 0.3) is 32.8 Å². The molecule has 0 spiro atoms. The zero-order valence-corrected chi connectivity index (χ0v) is 50.8. The van der Waals surface area contributed by atoms with Crippen LogP contribution < -0.4 is 0 Å². The van der Waals surface area contributed by atoms with Crippen molar-refractivity contribution in [3.8, 4) is 0 Å². The number of hydrogen-bond donors (Lipinski definition) is 3. The van der Waals surface area contributed by atoms with Crippen LogP contribution in [0.15, 0.2) is 113 Å². The first-order valence-corrected chi connectivity index (χ1v) is 28.8. The minimum absolute atomic E-state index is 0.213. The fourth-order valence-electron chi connectivity index (χ4n) is 9.28. The Bertz CT molecular complexity index is 3000. The number of H-pyrrole nitrogens is 3. The number of benzene rings is 5. The smallest absolute Gasteiger partial charge is 0.109 e. The van der Waals surface area contributed by atoms with Gasteiger partial charge < -0.3 is 15.0 Å². The molecule has 6 nitrogen and oxygen atoms in total. The third-order valence-corrected chi connectivity index (χ3v) is 15.0. The van der Waals surface area contributed by atoms with Crippen molar-refractivity contribution in [3.05, 3.63) is 159 Å². The second kappa shape index (κ2) is 25.4. The minimum atomic E-state index is 0.213. The van der Waals surface area contributed by atoms with Gasteiger partial charge in [0.25, 0.3) is 0 Å². The second-order valence-corrected chi connectivity index (χ2v) is 25.5. The van der Waals surface area contributed by atoms with Gasteiger partial charge in [0.2, 0.25) is 0 Å². The molecule has 3 N–H and O–H groups in total. The van der Waals surface area contributed by atoms with Crippen molar-refractivity contribution in [1.29, 1.82) is 0 Å². The quantitative estimate of drug-likeness (QED) is 0.132. The number of nitrogens with zero attached hydrogens (tertiary/aromatic N) is 3. The largest absolute Gasteiger partial charge is 0.358 e. The molecule has 0 fully saturated rings. The monoisotopic (exact) mass is 1020 g/mol. The number of fused-ring (bicyclic) bond motifs is 5. The van der Waals surface area contributed by atoms with Gasteiger partial charge in [-0.3, -0.25) is 9.98 Å². The highest BCUT2D eigenvalue weighted by atomic mass is 14.9. The lowest BCUT2D eigenvalue weighted by atomic mass is 9.86. The summed E-state index contributed by atoms with van der Waals surface area (Å²) in [7, 11) is 0. The van der Waals surface area contributed by atoms with Crippen LogP contribution in [0.3, 0.4) is 0 Å². The molecule has 10 rings (SSSR count). The van der Waals surface area contributed by atoms with Crippen LogP contribution in [0.2, 0.25) is 0 Å². The number of aromatic amines is 3. The third-order valence-electron chi connectivity index (χ3n) is 15.0. The number of imidazole rings is 1. The van der Waals surface area contributed by atoms with Gasteiger partial charge in [-0.2, -0.15) is 0 Å². The predicted molar refractivity (Wildman–Crippen MR) is 334 cm³/mol. The van der Waals surface area contributed by atoms with Crippen LogP contribution in [0.1, 0.15) is 243 Å². The Morgan fingerprint density at radius 3 is 1.17 bits per heavy atom. The standard InChI is InChI=1S/C15H21N.3C14H19N.C13H18N2/c1-10(2)13-8-11-6-7-12(15(3,4)5)9-14(11)16-13;3*1-9(2)11-5-6-12-8-13(10(3)4)15-14(12)7-11;1-8(2)10-5-6-11-12(7-10)15-13(14-11)9(3)4/h6-7,9-10H,8H2,1-5H3;5-7,9-10H,8H2,1-4H3;2*5-10,15H,1-4H3;5-9H,1-4H3,(H,14,15). The molecular formula is C70H96N6. The van der Waals surface area contributed by atoms with Gasteiger partial charge in [0.05, 0.1) is 22.4 Å². The number of rotatable bonds is 9. The Balaban J connectivity index is 0.000000154. The summed E-state index contributed by atoms with van der Waals surface area (Å²) in [6, 6.07) is 37.9. The van der Waals surface area contributed by atoms with Crippen molar-refractivity contribution in [1.82, 2.24) is 19.9 Å². The van der Waals surface area contributed by atoms with E-state index in [0.29, 0.717) is 53.3 Å². The average Bonchev–Trinajstić information content (AvgIpc) is 4.21. The molecule has 5 aromatic carbocycles. The van der Waals surface area contributed by atoms with E-state index in [-0.39, 0.29) is 5.41 Å². The maximum Gasteiger partial charge on any atom is 0.109 e. The molecule has 2 aliphatic rings. The summed E-state index contributed by atoms with van der Waals surface area (Å²) in [6.45, 7) is 46.6. The number of aromatic nitrogens is 4. The molecule has 5 heterocycles. The van der Waals surface area contributed by atoms with Gasteiger partial charge in [0.15, 0.2) is 0 Å². The summed E-state index contributed by atoms with van der Waals surface area (Å²) >= 11 is 0. The van der Waals surface area contributed by atoms with Gasteiger partial charge in [-0.05, 0) is 151 Å². The summed E-state index contributed by atoms with van der Waals surface area (Å²) in [5.41, 5.74) is 22.4. The van der Waals surface area contributed by atoms with E-state index in [1.165, 1.54) is 94.9 Å². The first-order chi connectivity index (χ1) is 35.7. The molecule has 76 heavy (non-hydrogen) atoms. The lowest BCUT2D eigenvalue weighted by Crippen LogP contribution is -2.10. The maximum absolute atomic E-state index is 4.74. The fourth-order valence-corrected chi connectivity index (χ4v) is 9.28. The van der Waals surface area contributed by atoms with Gasteiger partial charge in [0.1, 0.15) is 5.82 Å². The van der Waals surface area contributed by atoms with Crippen molar-refractivity contribution in [2.75, 3.05) is 0 Å². The molecule has 6 heteroatoms. The molecule has 0 bridgehead atoms. The summed E-state index contributed by atoms with van der Waals surface area (Å²) in [4.78, 5) is 24.4. The minimum Gasteiger partial charge on any atom is -0.358 e. The molecule has 0 radical (unpaired) electrons. The molecule has 0 saturated heterocycles. The van der Waals surface area contributed by atoms with Crippen molar-refractivity contribution >= 4 is 55.6 Å². The highest BCUT2D eigenvalue weighted by Crippen LogP contribution is 2.35. The van der Waals surface area contributed by atoms with Crippen LogP contribution in [0.5, 0.6) is 0 Å². The molecule has 3 aromatic heterocycles. The molecule has 0 atom stereocenters. The lowest BCUT2D eigenvalue weighted by molar-refractivity contribution is 0.590. The normalized spacial score (nSPS) is 13.1. The Morgan fingerprint density at radius 2 is 0.763 bits per heavy atom. The lowest BCUT2D eigenvalue weighted by Gasteiger charge is -2.19. The SMILES string of the molecule is CC(C)C1=Nc2cc(C(C)(C)C)ccc2C1.CC(C)C1=Nc2cc(C(C)C)ccc2C1.CC(C)c1ccc2cc(C(C)C)[nH]c2c1.CC(C)c1ccc2cc(C(C)C)[nH]c2c1.CC(C)c1ccc2nc(C(C)C)[nH]c2c1. The van der Waals surface area contributed by atoms with E-state index in [9.17, 15) is 0 Å². The summed E-state index contributed by atoms with van der Waals surface area (Å²) in [5.74, 6) is 6.16. The average molecular weight is 1020 g/mol. The molecular weight excluding hydrogens is 925 g/mol. The number of hydrogen-bond acceptors (Lipinski definition) is 3. The van der Waals surface area contributed by atoms with E-state index >= 15 is 0 Å². The highest BCUT2D eigenvalue weighted by molar-refractivity contribution is 5.96. The number of nitrogens with one attached hydrogen (secondary N) is 3. The van der Waals surface area contributed by atoms with Crippen LogP contribution in [-0.2, 0) is 18.3 Å². The maximum atomic E-state index is 4.74. The second-order valence-electron chi connectivity index (χ2n) is 25.5. The molecule has 8 aromatic rings. The van der Waals surface area contributed by atoms with Crippen molar-refractivity contribution in [2.45, 2.75) is 205 Å². The molecule has 0 unspecified atom stereocenters. The van der Waals surface area contributed by atoms with E-state index in [4.69, 9.17) is 9.98 Å². The molecule has 0 aliphatic carbocycles. The van der Waals surface area contributed by atoms with Gasteiger partial charge in [-0.25, -0.2) is 4.98 Å². The highest BCUT2D eigenvalue weighted by Gasteiger charge is 2.21. The van der Waals surface area contributed by atoms with E-state index in [0.717, 1.165) is 29.7 Å². The Morgan fingerprint density at radius 1 is 0.368 bits per heavy atom. The van der Waals surface area contributed by atoms with E-state index < -0.39 is 0 Å². The Kier molecular flexibility index (Phi) is 19.8. The van der Waals surface area contributed by atoms with E-state index in [2.05, 4.69) is 268 Å². The molecule has 406 valence electrons. The molecule has 0 saturated carbocycles. The van der Waals surface area contributed by atoms with Crippen molar-refractivity contribution in [3.63, 3.8) is 0 Å². The van der Waals surface area contributed by atoms with Gasteiger partial charge >= 0.3 is 0 Å². The van der Waals surface area contributed by atoms with E-state index in [1.54, 1.807) is 0 Å². The fraction of sp³-hybridized carbons (Fsp3) is 0.471. The van der Waals surface area contributed by atoms with Crippen LogP contribution >= 0.6 is 0 Å². The predicted octanol–water partition coefficient (Wildman–Crippen LogP) is 21.0. The summed E-state index contributed by atoms with van der Waals surface area (Å²) < 4.78 is 0.